The van der Waals surface area contributed by atoms with Gasteiger partial charge >= 0.3 is 0 Å². The van der Waals surface area contributed by atoms with Gasteiger partial charge in [0.25, 0.3) is 0 Å². The summed E-state index contributed by atoms with van der Waals surface area (Å²) in [5.74, 6) is 1.38. The number of hydrogen-bond acceptors (Lipinski definition) is 4. The average Bonchev–Trinajstić information content (AvgIpc) is 2.86. The van der Waals surface area contributed by atoms with Crippen molar-refractivity contribution < 1.29 is 4.74 Å². The van der Waals surface area contributed by atoms with Gasteiger partial charge in [-0.1, -0.05) is 17.7 Å². The largest absolute Gasteiger partial charge is 0.456 e. The highest BCUT2D eigenvalue weighted by Gasteiger charge is 2.06. The summed E-state index contributed by atoms with van der Waals surface area (Å²) in [4.78, 5) is 0.763. The SMILES string of the molecule is Cc1ccc(Oc2ccsc2C=C(C#N)C#N)cc1. The first-order valence-electron chi connectivity index (χ1n) is 5.57. The number of hydrogen-bond donors (Lipinski definition) is 0. The van der Waals surface area contributed by atoms with Crippen molar-refractivity contribution in [1.82, 2.24) is 0 Å². The molecule has 0 atom stereocenters. The zero-order valence-corrected chi connectivity index (χ0v) is 11.1. The van der Waals surface area contributed by atoms with E-state index >= 15 is 0 Å². The molecule has 0 saturated heterocycles. The van der Waals surface area contributed by atoms with Gasteiger partial charge in [-0.15, -0.1) is 11.3 Å². The summed E-state index contributed by atoms with van der Waals surface area (Å²) in [5.41, 5.74) is 1.23. The van der Waals surface area contributed by atoms with Crippen molar-refractivity contribution in [3.8, 4) is 23.6 Å². The molecule has 19 heavy (non-hydrogen) atoms. The van der Waals surface area contributed by atoms with E-state index in [0.29, 0.717) is 5.75 Å². The fraction of sp³-hybridized carbons (Fsp3) is 0.0667. The number of rotatable bonds is 3. The Bertz CT molecular complexity index is 668. The quantitative estimate of drug-likeness (QED) is 0.779. The number of ether oxygens (including phenoxy) is 1. The minimum atomic E-state index is 0.0659. The monoisotopic (exact) mass is 266 g/mol. The van der Waals surface area contributed by atoms with Crippen molar-refractivity contribution in [1.29, 1.82) is 10.5 Å². The van der Waals surface area contributed by atoms with Crippen LogP contribution in [0.3, 0.4) is 0 Å². The molecule has 0 unspecified atom stereocenters. The van der Waals surface area contributed by atoms with E-state index in [-0.39, 0.29) is 5.57 Å². The molecular weight excluding hydrogens is 256 g/mol. The second-order valence-corrected chi connectivity index (χ2v) is 4.79. The molecule has 0 aliphatic rings. The number of allylic oxidation sites excluding steroid dienone is 1. The molecule has 0 amide bonds. The zero-order chi connectivity index (χ0) is 13.7. The fourth-order valence-electron chi connectivity index (χ4n) is 1.45. The Morgan fingerprint density at radius 3 is 2.47 bits per heavy atom. The number of benzene rings is 1. The molecule has 1 aromatic heterocycles. The van der Waals surface area contributed by atoms with E-state index < -0.39 is 0 Å². The molecule has 0 N–H and O–H groups in total. The third-order valence-corrected chi connectivity index (χ3v) is 3.27. The molecule has 0 bridgehead atoms. The third kappa shape index (κ3) is 3.22. The molecule has 0 aliphatic heterocycles. The predicted octanol–water partition coefficient (Wildman–Crippen LogP) is 4.28. The lowest BCUT2D eigenvalue weighted by Crippen LogP contribution is -1.84. The number of nitriles is 2. The molecule has 0 aliphatic carbocycles. The lowest BCUT2D eigenvalue weighted by atomic mass is 10.2. The van der Waals surface area contributed by atoms with Crippen LogP contribution in [-0.2, 0) is 0 Å². The van der Waals surface area contributed by atoms with Gasteiger partial charge in [0.05, 0.1) is 4.88 Å². The van der Waals surface area contributed by atoms with Crippen LogP contribution < -0.4 is 4.74 Å². The first-order chi connectivity index (χ1) is 9.22. The summed E-state index contributed by atoms with van der Waals surface area (Å²) in [6, 6.07) is 13.2. The third-order valence-electron chi connectivity index (χ3n) is 2.42. The van der Waals surface area contributed by atoms with E-state index in [0.717, 1.165) is 16.2 Å². The Morgan fingerprint density at radius 2 is 1.84 bits per heavy atom. The molecule has 0 radical (unpaired) electrons. The van der Waals surface area contributed by atoms with Crippen LogP contribution in [0.2, 0.25) is 0 Å². The standard InChI is InChI=1S/C15H10N2OS/c1-11-2-4-13(5-3-11)18-14-6-7-19-15(14)8-12(9-16)10-17/h2-8H,1H3. The maximum absolute atomic E-state index is 8.76. The molecule has 3 nitrogen and oxygen atoms in total. The highest BCUT2D eigenvalue weighted by molar-refractivity contribution is 7.11. The minimum absolute atomic E-state index is 0.0659. The normalized spacial score (nSPS) is 9.21. The number of nitrogens with zero attached hydrogens (tertiary/aromatic N) is 2. The minimum Gasteiger partial charge on any atom is -0.456 e. The van der Waals surface area contributed by atoms with Gasteiger partial charge in [0.1, 0.15) is 29.2 Å². The topological polar surface area (TPSA) is 56.8 Å². The number of aryl methyl sites for hydroxylation is 1. The molecule has 2 aromatic rings. The van der Waals surface area contributed by atoms with Gasteiger partial charge in [-0.25, -0.2) is 0 Å². The molecule has 0 spiro atoms. The van der Waals surface area contributed by atoms with E-state index in [2.05, 4.69) is 0 Å². The van der Waals surface area contributed by atoms with Gasteiger partial charge in [0, 0.05) is 0 Å². The lowest BCUT2D eigenvalue weighted by Gasteiger charge is -2.05. The Kier molecular flexibility index (Phi) is 3.97. The van der Waals surface area contributed by atoms with Crippen molar-refractivity contribution in [2.45, 2.75) is 6.92 Å². The summed E-state index contributed by atoms with van der Waals surface area (Å²) in [6.45, 7) is 2.01. The van der Waals surface area contributed by atoms with E-state index in [1.54, 1.807) is 0 Å². The fourth-order valence-corrected chi connectivity index (χ4v) is 2.20. The van der Waals surface area contributed by atoms with Crippen LogP contribution in [0.4, 0.5) is 0 Å². The van der Waals surface area contributed by atoms with Crippen LogP contribution in [0, 0.1) is 29.6 Å². The molecular formula is C15H10N2OS. The van der Waals surface area contributed by atoms with Crippen LogP contribution in [0.5, 0.6) is 11.5 Å². The Hall–Kier alpha value is -2.56. The molecule has 4 heteroatoms. The first kappa shape index (κ1) is 12.9. The second-order valence-electron chi connectivity index (χ2n) is 3.85. The van der Waals surface area contributed by atoms with Crippen LogP contribution in [0.25, 0.3) is 6.08 Å². The number of thiophene rings is 1. The van der Waals surface area contributed by atoms with Crippen molar-refractivity contribution >= 4 is 17.4 Å². The van der Waals surface area contributed by atoms with E-state index in [1.807, 2.05) is 54.8 Å². The molecule has 2 rings (SSSR count). The average molecular weight is 266 g/mol. The molecule has 0 saturated carbocycles. The maximum Gasteiger partial charge on any atom is 0.145 e. The van der Waals surface area contributed by atoms with Gasteiger partial charge in [0.2, 0.25) is 0 Å². The Labute approximate surface area is 115 Å². The zero-order valence-electron chi connectivity index (χ0n) is 10.3. The smallest absolute Gasteiger partial charge is 0.145 e. The predicted molar refractivity (Wildman–Crippen MR) is 74.8 cm³/mol. The molecule has 1 heterocycles. The highest BCUT2D eigenvalue weighted by atomic mass is 32.1. The van der Waals surface area contributed by atoms with E-state index in [4.69, 9.17) is 15.3 Å². The second kappa shape index (κ2) is 5.86. The molecule has 0 fully saturated rings. The molecule has 92 valence electrons. The summed E-state index contributed by atoms with van der Waals surface area (Å²) >= 11 is 1.43. The summed E-state index contributed by atoms with van der Waals surface area (Å²) in [5, 5.41) is 19.4. The molecule has 1 aromatic carbocycles. The van der Waals surface area contributed by atoms with Crippen LogP contribution in [-0.4, -0.2) is 0 Å². The Morgan fingerprint density at radius 1 is 1.16 bits per heavy atom. The van der Waals surface area contributed by atoms with E-state index in [9.17, 15) is 0 Å². The van der Waals surface area contributed by atoms with Gasteiger partial charge in [0.15, 0.2) is 0 Å². The van der Waals surface area contributed by atoms with Gasteiger partial charge in [-0.3, -0.25) is 0 Å². The lowest BCUT2D eigenvalue weighted by molar-refractivity contribution is 0.484. The van der Waals surface area contributed by atoms with Crippen LogP contribution in [0.15, 0.2) is 41.3 Å². The van der Waals surface area contributed by atoms with Crippen molar-refractivity contribution in [2.24, 2.45) is 0 Å². The summed E-state index contributed by atoms with van der Waals surface area (Å²) in [6.07, 6.45) is 1.54. The van der Waals surface area contributed by atoms with Crippen molar-refractivity contribution in [2.75, 3.05) is 0 Å². The van der Waals surface area contributed by atoms with Gasteiger partial charge in [-0.05, 0) is 36.6 Å². The van der Waals surface area contributed by atoms with Crippen molar-refractivity contribution in [3.05, 3.63) is 51.7 Å². The maximum atomic E-state index is 8.76. The van der Waals surface area contributed by atoms with Crippen LogP contribution in [0.1, 0.15) is 10.4 Å². The van der Waals surface area contributed by atoms with Crippen molar-refractivity contribution in [3.63, 3.8) is 0 Å². The van der Waals surface area contributed by atoms with Gasteiger partial charge in [-0.2, -0.15) is 10.5 Å². The summed E-state index contributed by atoms with van der Waals surface area (Å²) in [7, 11) is 0. The van der Waals surface area contributed by atoms with Crippen LogP contribution >= 0.6 is 11.3 Å². The Balaban J connectivity index is 2.26. The first-order valence-corrected chi connectivity index (χ1v) is 6.45. The van der Waals surface area contributed by atoms with Gasteiger partial charge < -0.3 is 4.74 Å². The van der Waals surface area contributed by atoms with E-state index in [1.165, 1.54) is 17.4 Å². The summed E-state index contributed by atoms with van der Waals surface area (Å²) < 4.78 is 5.74. The highest BCUT2D eigenvalue weighted by Crippen LogP contribution is 2.31.